The zero-order chi connectivity index (χ0) is 17.4. The summed E-state index contributed by atoms with van der Waals surface area (Å²) < 4.78 is 17.1. The van der Waals surface area contributed by atoms with E-state index in [1.165, 1.54) is 0 Å². The molecule has 0 amide bonds. The minimum absolute atomic E-state index is 0.179. The fraction of sp³-hybridized carbons (Fsp3) is 0.211. The van der Waals surface area contributed by atoms with E-state index in [0.717, 1.165) is 21.5 Å². The third-order valence-corrected chi connectivity index (χ3v) is 3.66. The predicted molar refractivity (Wildman–Crippen MR) is 99.9 cm³/mol. The first-order valence-electron chi connectivity index (χ1n) is 7.38. The topological polar surface area (TPSA) is 40.0 Å². The lowest BCUT2D eigenvalue weighted by atomic mass is 10.2. The first-order valence-corrected chi connectivity index (χ1v) is 8.18. The second-order valence-corrected chi connectivity index (χ2v) is 5.57. The number of ether oxygens (including phenoxy) is 3. The van der Waals surface area contributed by atoms with Gasteiger partial charge in [-0.05, 0) is 64.8 Å². The van der Waals surface area contributed by atoms with E-state index in [9.17, 15) is 0 Å². The van der Waals surface area contributed by atoms with E-state index in [1.807, 2.05) is 43.3 Å². The first kappa shape index (κ1) is 17.9. The van der Waals surface area contributed by atoms with Crippen LogP contribution >= 0.6 is 15.9 Å². The quantitative estimate of drug-likeness (QED) is 0.513. The highest BCUT2D eigenvalue weighted by atomic mass is 79.9. The van der Waals surface area contributed by atoms with Crippen LogP contribution in [0, 0.1) is 12.3 Å². The molecule has 5 heteroatoms. The van der Waals surface area contributed by atoms with Crippen LogP contribution in [0.3, 0.4) is 0 Å². The molecule has 0 N–H and O–H groups in total. The standard InChI is InChI=1S/C19H18BrNO3/c1-4-10-24-19-17(20)11-14(12-18(19)23-5-2)13-21-15-6-8-16(22-3)9-7-15/h1,6-9,11-13H,5,10H2,2-3H3. The number of aliphatic imine (C=N–C) groups is 1. The average Bonchev–Trinajstić information content (AvgIpc) is 2.60. The third kappa shape index (κ3) is 4.77. The van der Waals surface area contributed by atoms with Crippen LogP contribution in [0.1, 0.15) is 12.5 Å². The first-order chi connectivity index (χ1) is 11.7. The van der Waals surface area contributed by atoms with Crippen LogP contribution in [0.5, 0.6) is 17.2 Å². The summed E-state index contributed by atoms with van der Waals surface area (Å²) >= 11 is 3.49. The Kier molecular flexibility index (Phi) is 6.71. The fourth-order valence-corrected chi connectivity index (χ4v) is 2.57. The molecule has 0 radical (unpaired) electrons. The Balaban J connectivity index is 2.26. The minimum atomic E-state index is 0.179. The van der Waals surface area contributed by atoms with Crippen molar-refractivity contribution in [3.63, 3.8) is 0 Å². The molecule has 0 unspecified atom stereocenters. The maximum absolute atomic E-state index is 5.64. The molecule has 0 aliphatic carbocycles. The Morgan fingerprint density at radius 2 is 1.96 bits per heavy atom. The number of hydrogen-bond acceptors (Lipinski definition) is 4. The monoisotopic (exact) mass is 387 g/mol. The van der Waals surface area contributed by atoms with Gasteiger partial charge in [0.05, 0.1) is 23.9 Å². The Hall–Kier alpha value is -2.45. The largest absolute Gasteiger partial charge is 0.497 e. The van der Waals surface area contributed by atoms with Gasteiger partial charge in [0.15, 0.2) is 11.5 Å². The molecule has 4 nitrogen and oxygen atoms in total. The van der Waals surface area contributed by atoms with Crippen LogP contribution in [0.25, 0.3) is 0 Å². The molecule has 0 fully saturated rings. The lowest BCUT2D eigenvalue weighted by Crippen LogP contribution is -2.01. The van der Waals surface area contributed by atoms with E-state index in [4.69, 9.17) is 20.6 Å². The number of hydrogen-bond donors (Lipinski definition) is 0. The Morgan fingerprint density at radius 1 is 1.21 bits per heavy atom. The summed E-state index contributed by atoms with van der Waals surface area (Å²) in [6, 6.07) is 11.3. The molecule has 0 aromatic heterocycles. The lowest BCUT2D eigenvalue weighted by Gasteiger charge is -2.13. The molecule has 2 aromatic rings. The highest BCUT2D eigenvalue weighted by Crippen LogP contribution is 2.36. The number of terminal acetylenes is 1. The van der Waals surface area contributed by atoms with E-state index in [1.54, 1.807) is 13.3 Å². The van der Waals surface area contributed by atoms with Crippen molar-refractivity contribution in [3.8, 4) is 29.6 Å². The molecule has 0 atom stereocenters. The van der Waals surface area contributed by atoms with Gasteiger partial charge in [-0.1, -0.05) is 5.92 Å². The number of benzene rings is 2. The van der Waals surface area contributed by atoms with Gasteiger partial charge in [-0.15, -0.1) is 6.42 Å². The molecule has 24 heavy (non-hydrogen) atoms. The Labute approximate surface area is 150 Å². The van der Waals surface area contributed by atoms with E-state index < -0.39 is 0 Å². The van der Waals surface area contributed by atoms with Crippen LogP contribution in [0.2, 0.25) is 0 Å². The van der Waals surface area contributed by atoms with Crippen molar-refractivity contribution >= 4 is 27.8 Å². The zero-order valence-corrected chi connectivity index (χ0v) is 15.2. The number of halogens is 1. The van der Waals surface area contributed by atoms with Gasteiger partial charge in [-0.2, -0.15) is 0 Å². The van der Waals surface area contributed by atoms with E-state index in [0.29, 0.717) is 18.1 Å². The van der Waals surface area contributed by atoms with E-state index in [2.05, 4.69) is 26.8 Å². The van der Waals surface area contributed by atoms with Crippen molar-refractivity contribution in [2.24, 2.45) is 4.99 Å². The summed E-state index contributed by atoms with van der Waals surface area (Å²) in [5.74, 6) is 4.46. The predicted octanol–water partition coefficient (Wildman–Crippen LogP) is 4.62. The number of methoxy groups -OCH3 is 1. The SMILES string of the molecule is C#CCOc1c(Br)cc(C=Nc2ccc(OC)cc2)cc1OCC. The molecule has 124 valence electrons. The fourth-order valence-electron chi connectivity index (χ4n) is 2.00. The molecule has 0 bridgehead atoms. The lowest BCUT2D eigenvalue weighted by molar-refractivity contribution is 0.298. The van der Waals surface area contributed by atoms with Crippen LogP contribution in [-0.4, -0.2) is 26.5 Å². The highest BCUT2D eigenvalue weighted by Gasteiger charge is 2.11. The van der Waals surface area contributed by atoms with Gasteiger partial charge >= 0.3 is 0 Å². The van der Waals surface area contributed by atoms with Gasteiger partial charge < -0.3 is 14.2 Å². The van der Waals surface area contributed by atoms with Gasteiger partial charge in [0.25, 0.3) is 0 Å². The molecule has 0 heterocycles. The molecule has 0 saturated carbocycles. The maximum atomic E-state index is 5.64. The number of rotatable bonds is 7. The molecule has 0 aliphatic heterocycles. The molecule has 0 saturated heterocycles. The minimum Gasteiger partial charge on any atom is -0.497 e. The van der Waals surface area contributed by atoms with Crippen LogP contribution in [0.15, 0.2) is 45.9 Å². The van der Waals surface area contributed by atoms with Gasteiger partial charge in [0.1, 0.15) is 12.4 Å². The van der Waals surface area contributed by atoms with Crippen LogP contribution < -0.4 is 14.2 Å². The van der Waals surface area contributed by atoms with Crippen LogP contribution in [0.4, 0.5) is 5.69 Å². The summed E-state index contributed by atoms with van der Waals surface area (Å²) in [6.07, 6.45) is 7.02. The number of nitrogens with zero attached hydrogens (tertiary/aromatic N) is 1. The molecule has 0 aliphatic rings. The summed E-state index contributed by atoms with van der Waals surface area (Å²) in [5.41, 5.74) is 1.71. The highest BCUT2D eigenvalue weighted by molar-refractivity contribution is 9.10. The molecule has 2 rings (SSSR count). The Bertz CT molecular complexity index is 748. The Morgan fingerprint density at radius 3 is 2.58 bits per heavy atom. The van der Waals surface area contributed by atoms with Gasteiger partial charge in [-0.25, -0.2) is 0 Å². The van der Waals surface area contributed by atoms with E-state index >= 15 is 0 Å². The second kappa shape index (κ2) is 8.99. The summed E-state index contributed by atoms with van der Waals surface area (Å²) in [4.78, 5) is 4.46. The van der Waals surface area contributed by atoms with Crippen molar-refractivity contribution in [1.29, 1.82) is 0 Å². The summed E-state index contributed by atoms with van der Waals surface area (Å²) in [7, 11) is 1.63. The molecule has 2 aromatic carbocycles. The smallest absolute Gasteiger partial charge is 0.176 e. The van der Waals surface area contributed by atoms with Crippen molar-refractivity contribution in [1.82, 2.24) is 0 Å². The van der Waals surface area contributed by atoms with Gasteiger partial charge in [0, 0.05) is 6.21 Å². The average molecular weight is 388 g/mol. The van der Waals surface area contributed by atoms with E-state index in [-0.39, 0.29) is 6.61 Å². The molecular formula is C19H18BrNO3. The zero-order valence-electron chi connectivity index (χ0n) is 13.6. The normalized spacial score (nSPS) is 10.4. The van der Waals surface area contributed by atoms with Crippen molar-refractivity contribution in [2.75, 3.05) is 20.3 Å². The van der Waals surface area contributed by atoms with Crippen molar-refractivity contribution < 1.29 is 14.2 Å². The summed E-state index contributed by atoms with van der Waals surface area (Å²) in [6.45, 7) is 2.62. The van der Waals surface area contributed by atoms with Crippen molar-refractivity contribution in [3.05, 3.63) is 46.4 Å². The maximum Gasteiger partial charge on any atom is 0.176 e. The third-order valence-electron chi connectivity index (χ3n) is 3.07. The van der Waals surface area contributed by atoms with Gasteiger partial charge in [-0.3, -0.25) is 4.99 Å². The molecular weight excluding hydrogens is 370 g/mol. The van der Waals surface area contributed by atoms with Crippen LogP contribution in [-0.2, 0) is 0 Å². The van der Waals surface area contributed by atoms with Gasteiger partial charge in [0.2, 0.25) is 0 Å². The summed E-state index contributed by atoms with van der Waals surface area (Å²) in [5, 5.41) is 0. The second-order valence-electron chi connectivity index (χ2n) is 4.71. The molecule has 0 spiro atoms. The van der Waals surface area contributed by atoms with Crippen molar-refractivity contribution in [2.45, 2.75) is 6.92 Å².